The van der Waals surface area contributed by atoms with Crippen LogP contribution >= 0.6 is 0 Å². The number of nitrogens with zero attached hydrogens (tertiary/aromatic N) is 2. The van der Waals surface area contributed by atoms with Gasteiger partial charge in [0.25, 0.3) is 5.91 Å². The average Bonchev–Trinajstić information content (AvgIpc) is 3.45. The summed E-state index contributed by atoms with van der Waals surface area (Å²) in [7, 11) is -2.34. The van der Waals surface area contributed by atoms with Crippen molar-refractivity contribution in [2.24, 2.45) is 11.8 Å². The van der Waals surface area contributed by atoms with Gasteiger partial charge < -0.3 is 14.1 Å². The first-order chi connectivity index (χ1) is 14.8. The first-order valence-corrected chi connectivity index (χ1v) is 12.2. The normalized spacial score (nSPS) is 22.3. The van der Waals surface area contributed by atoms with E-state index < -0.39 is 10.0 Å². The smallest absolute Gasteiger partial charge is 0.254 e. The second-order valence-corrected chi connectivity index (χ2v) is 10.8. The third kappa shape index (κ3) is 4.65. The van der Waals surface area contributed by atoms with Gasteiger partial charge in [0.15, 0.2) is 0 Å². The van der Waals surface area contributed by atoms with Crippen LogP contribution in [0.1, 0.15) is 49.2 Å². The zero-order valence-corrected chi connectivity index (χ0v) is 19.1. The Morgan fingerprint density at radius 1 is 1.19 bits per heavy atom. The highest BCUT2D eigenvalue weighted by molar-refractivity contribution is 7.89. The average molecular weight is 447 g/mol. The maximum absolute atomic E-state index is 13.5. The molecule has 0 bridgehead atoms. The number of furan rings is 1. The van der Waals surface area contributed by atoms with Crippen molar-refractivity contribution in [3.63, 3.8) is 0 Å². The minimum Gasteiger partial charge on any atom is -0.495 e. The predicted octanol–water partition coefficient (Wildman–Crippen LogP) is 3.76. The van der Waals surface area contributed by atoms with Crippen LogP contribution in [0, 0.1) is 11.8 Å². The Bertz CT molecular complexity index is 1020. The Kier molecular flexibility index (Phi) is 6.12. The van der Waals surface area contributed by atoms with Gasteiger partial charge in [-0.1, -0.05) is 13.8 Å². The van der Waals surface area contributed by atoms with Crippen LogP contribution in [0.5, 0.6) is 5.75 Å². The van der Waals surface area contributed by atoms with E-state index >= 15 is 0 Å². The number of amides is 1. The first-order valence-electron chi connectivity index (χ1n) is 10.8. The van der Waals surface area contributed by atoms with E-state index in [0.717, 1.165) is 19.3 Å². The number of piperidine rings is 1. The van der Waals surface area contributed by atoms with Crippen LogP contribution in [0.15, 0.2) is 45.9 Å². The first kappa shape index (κ1) is 21.9. The van der Waals surface area contributed by atoms with Crippen LogP contribution in [-0.2, 0) is 16.6 Å². The van der Waals surface area contributed by atoms with Crippen molar-refractivity contribution in [1.82, 2.24) is 9.21 Å². The Morgan fingerprint density at radius 2 is 1.90 bits per heavy atom. The largest absolute Gasteiger partial charge is 0.495 e. The van der Waals surface area contributed by atoms with Crippen molar-refractivity contribution in [2.45, 2.75) is 50.6 Å². The van der Waals surface area contributed by atoms with E-state index in [2.05, 4.69) is 13.8 Å². The van der Waals surface area contributed by atoms with E-state index in [9.17, 15) is 13.2 Å². The SMILES string of the molecule is COc1ccc(C(=O)N(Cc2ccco2)C2CC2)cc1S(=O)(=O)N1CC(C)CC(C)C1. The molecule has 1 aliphatic carbocycles. The molecule has 7 nitrogen and oxygen atoms in total. The Hall–Kier alpha value is -2.32. The van der Waals surface area contributed by atoms with Crippen molar-refractivity contribution < 1.29 is 22.4 Å². The topological polar surface area (TPSA) is 80.1 Å². The molecule has 0 radical (unpaired) electrons. The predicted molar refractivity (Wildman–Crippen MR) is 116 cm³/mol. The number of ether oxygens (including phenoxy) is 1. The standard InChI is InChI=1S/C23H30N2O5S/c1-16-11-17(2)14-24(13-16)31(27,28)22-12-18(6-9-21(22)29-3)23(26)25(19-7-8-19)15-20-5-4-10-30-20/h4-6,9-10,12,16-17,19H,7-8,11,13-15H2,1-3H3. The molecule has 1 aromatic heterocycles. The maximum atomic E-state index is 13.5. The molecule has 4 rings (SSSR count). The van der Waals surface area contributed by atoms with E-state index in [4.69, 9.17) is 9.15 Å². The molecule has 2 fully saturated rings. The molecule has 1 saturated carbocycles. The van der Waals surface area contributed by atoms with E-state index in [0.29, 0.717) is 31.0 Å². The molecule has 0 N–H and O–H groups in total. The fourth-order valence-corrected chi connectivity index (χ4v) is 6.30. The van der Waals surface area contributed by atoms with Gasteiger partial charge >= 0.3 is 0 Å². The highest BCUT2D eigenvalue weighted by atomic mass is 32.2. The van der Waals surface area contributed by atoms with Crippen LogP contribution in [0.4, 0.5) is 0 Å². The molecule has 168 valence electrons. The Morgan fingerprint density at radius 3 is 2.48 bits per heavy atom. The van der Waals surface area contributed by atoms with Gasteiger partial charge in [-0.05, 0) is 61.4 Å². The van der Waals surface area contributed by atoms with Crippen molar-refractivity contribution in [3.05, 3.63) is 47.9 Å². The Labute approximate surface area is 184 Å². The van der Waals surface area contributed by atoms with E-state index in [1.165, 1.54) is 17.5 Å². The zero-order chi connectivity index (χ0) is 22.2. The lowest BCUT2D eigenvalue weighted by Crippen LogP contribution is -2.42. The molecule has 1 aliphatic heterocycles. The lowest BCUT2D eigenvalue weighted by atomic mass is 9.94. The van der Waals surface area contributed by atoms with Crippen LogP contribution in [0.2, 0.25) is 0 Å². The molecular weight excluding hydrogens is 416 g/mol. The number of benzene rings is 1. The summed E-state index contributed by atoms with van der Waals surface area (Å²) >= 11 is 0. The summed E-state index contributed by atoms with van der Waals surface area (Å²) in [6, 6.07) is 8.48. The summed E-state index contributed by atoms with van der Waals surface area (Å²) in [6.07, 6.45) is 4.48. The Balaban J connectivity index is 1.66. The van der Waals surface area contributed by atoms with Gasteiger partial charge in [-0.3, -0.25) is 4.79 Å². The molecule has 2 aliphatic rings. The van der Waals surface area contributed by atoms with Gasteiger partial charge in [0.1, 0.15) is 16.4 Å². The molecular formula is C23H30N2O5S. The number of hydrogen-bond donors (Lipinski definition) is 0. The molecule has 2 heterocycles. The molecule has 31 heavy (non-hydrogen) atoms. The highest BCUT2D eigenvalue weighted by Gasteiger charge is 2.36. The number of hydrogen-bond acceptors (Lipinski definition) is 5. The maximum Gasteiger partial charge on any atom is 0.254 e. The molecule has 1 aromatic carbocycles. The third-order valence-electron chi connectivity index (χ3n) is 6.02. The lowest BCUT2D eigenvalue weighted by Gasteiger charge is -2.34. The van der Waals surface area contributed by atoms with Crippen LogP contribution < -0.4 is 4.74 Å². The quantitative estimate of drug-likeness (QED) is 0.647. The number of rotatable bonds is 7. The van der Waals surface area contributed by atoms with Gasteiger partial charge in [-0.25, -0.2) is 8.42 Å². The van der Waals surface area contributed by atoms with Gasteiger partial charge in [0, 0.05) is 24.7 Å². The summed E-state index contributed by atoms with van der Waals surface area (Å²) in [4.78, 5) is 15.2. The molecule has 2 unspecified atom stereocenters. The zero-order valence-electron chi connectivity index (χ0n) is 18.3. The van der Waals surface area contributed by atoms with E-state index in [1.54, 1.807) is 29.4 Å². The molecule has 1 amide bonds. The summed E-state index contributed by atoms with van der Waals surface area (Å²) in [6.45, 7) is 5.45. The fourth-order valence-electron chi connectivity index (χ4n) is 4.44. The lowest BCUT2D eigenvalue weighted by molar-refractivity contribution is 0.0717. The van der Waals surface area contributed by atoms with Gasteiger partial charge in [-0.15, -0.1) is 0 Å². The van der Waals surface area contributed by atoms with Crippen LogP contribution in [0.25, 0.3) is 0 Å². The van der Waals surface area contributed by atoms with Crippen molar-refractivity contribution in [3.8, 4) is 5.75 Å². The second kappa shape index (κ2) is 8.67. The molecule has 8 heteroatoms. The van der Waals surface area contributed by atoms with Crippen LogP contribution in [0.3, 0.4) is 0 Å². The molecule has 1 saturated heterocycles. The number of carbonyl (C=O) groups is 1. The van der Waals surface area contributed by atoms with Gasteiger partial charge in [0.05, 0.1) is 19.9 Å². The van der Waals surface area contributed by atoms with Crippen molar-refractivity contribution in [1.29, 1.82) is 0 Å². The second-order valence-electron chi connectivity index (χ2n) is 8.88. The highest BCUT2D eigenvalue weighted by Crippen LogP contribution is 2.34. The third-order valence-corrected chi connectivity index (χ3v) is 7.87. The monoisotopic (exact) mass is 446 g/mol. The minimum atomic E-state index is -3.79. The van der Waals surface area contributed by atoms with E-state index in [1.807, 2.05) is 6.07 Å². The summed E-state index contributed by atoms with van der Waals surface area (Å²) < 4.78 is 39.3. The molecule has 0 spiro atoms. The number of carbonyl (C=O) groups excluding carboxylic acids is 1. The van der Waals surface area contributed by atoms with Crippen molar-refractivity contribution in [2.75, 3.05) is 20.2 Å². The van der Waals surface area contributed by atoms with Crippen molar-refractivity contribution >= 4 is 15.9 Å². The van der Waals surface area contributed by atoms with Gasteiger partial charge in [0.2, 0.25) is 10.0 Å². The fraction of sp³-hybridized carbons (Fsp3) is 0.522. The summed E-state index contributed by atoms with van der Waals surface area (Å²) in [5, 5.41) is 0. The summed E-state index contributed by atoms with van der Waals surface area (Å²) in [5.74, 6) is 1.34. The van der Waals surface area contributed by atoms with Crippen LogP contribution in [-0.4, -0.2) is 49.8 Å². The van der Waals surface area contributed by atoms with E-state index in [-0.39, 0.29) is 34.4 Å². The van der Waals surface area contributed by atoms with Gasteiger partial charge in [-0.2, -0.15) is 4.31 Å². The summed E-state index contributed by atoms with van der Waals surface area (Å²) in [5.41, 5.74) is 0.343. The minimum absolute atomic E-state index is 0.0518. The number of methoxy groups -OCH3 is 1. The molecule has 2 aromatic rings. The molecule has 2 atom stereocenters. The number of sulfonamides is 1.